The number of methoxy groups -OCH3 is 1. The van der Waals surface area contributed by atoms with Crippen molar-refractivity contribution in [2.45, 2.75) is 49.3 Å². The predicted octanol–water partition coefficient (Wildman–Crippen LogP) is -0.302. The lowest BCUT2D eigenvalue weighted by Gasteiger charge is -2.46. The fourth-order valence-corrected chi connectivity index (χ4v) is 5.48. The number of ether oxygens (including phenoxy) is 1. The summed E-state index contributed by atoms with van der Waals surface area (Å²) in [5.74, 6) is -1.92. The molecule has 1 aromatic rings. The minimum atomic E-state index is -0.949. The summed E-state index contributed by atoms with van der Waals surface area (Å²) in [6.45, 7) is 1.96. The number of hydrogen-bond acceptors (Lipinski definition) is 7. The second-order valence-electron chi connectivity index (χ2n) is 8.84. The van der Waals surface area contributed by atoms with E-state index in [9.17, 15) is 19.2 Å². The molecule has 158 valence electrons. The molecule has 1 saturated carbocycles. The number of nitrogens with one attached hydrogen (secondary N) is 3. The number of imide groups is 2. The average Bonchev–Trinajstić information content (AvgIpc) is 3.31. The molecule has 3 N–H and O–H groups in total. The van der Waals surface area contributed by atoms with Gasteiger partial charge in [-0.15, -0.1) is 0 Å². The SMILES string of the molecule is COCC12CC(NCc3cccc4c3C(=O)N(C3CCC(=O)NC3=O)C4=O)(CN1)C2. The van der Waals surface area contributed by atoms with E-state index in [1.807, 2.05) is 6.07 Å². The summed E-state index contributed by atoms with van der Waals surface area (Å²) in [6.07, 6.45) is 2.17. The van der Waals surface area contributed by atoms with Crippen LogP contribution in [0.4, 0.5) is 0 Å². The van der Waals surface area contributed by atoms with Gasteiger partial charge in [-0.05, 0) is 30.9 Å². The zero-order valence-corrected chi connectivity index (χ0v) is 16.7. The summed E-state index contributed by atoms with van der Waals surface area (Å²) in [5, 5.41) is 9.32. The van der Waals surface area contributed by atoms with E-state index in [2.05, 4.69) is 16.0 Å². The van der Waals surface area contributed by atoms with Gasteiger partial charge in [-0.1, -0.05) is 12.1 Å². The average molecular weight is 412 g/mol. The van der Waals surface area contributed by atoms with Crippen molar-refractivity contribution < 1.29 is 23.9 Å². The molecule has 9 heteroatoms. The highest BCUT2D eigenvalue weighted by molar-refractivity contribution is 6.24. The highest BCUT2D eigenvalue weighted by Crippen LogP contribution is 2.47. The molecule has 0 radical (unpaired) electrons. The summed E-state index contributed by atoms with van der Waals surface area (Å²) >= 11 is 0. The maximum absolute atomic E-state index is 13.2. The molecule has 6 rings (SSSR count). The molecule has 4 aliphatic heterocycles. The number of rotatable bonds is 6. The van der Waals surface area contributed by atoms with Crippen molar-refractivity contribution in [1.82, 2.24) is 20.9 Å². The first-order valence-corrected chi connectivity index (χ1v) is 10.2. The van der Waals surface area contributed by atoms with Crippen molar-refractivity contribution in [2.75, 3.05) is 20.3 Å². The third kappa shape index (κ3) is 2.80. The summed E-state index contributed by atoms with van der Waals surface area (Å²) in [7, 11) is 1.70. The lowest BCUT2D eigenvalue weighted by atomic mass is 9.68. The molecule has 4 amide bonds. The fourth-order valence-electron chi connectivity index (χ4n) is 5.48. The number of carbonyl (C=O) groups is 4. The molecular weight excluding hydrogens is 388 g/mol. The van der Waals surface area contributed by atoms with Crippen LogP contribution >= 0.6 is 0 Å². The topological polar surface area (TPSA) is 117 Å². The van der Waals surface area contributed by atoms with E-state index < -0.39 is 23.8 Å². The fraction of sp³-hybridized carbons (Fsp3) is 0.524. The highest BCUT2D eigenvalue weighted by atomic mass is 16.5. The number of piperidine rings is 1. The lowest BCUT2D eigenvalue weighted by molar-refractivity contribution is -0.136. The largest absolute Gasteiger partial charge is 0.383 e. The van der Waals surface area contributed by atoms with Gasteiger partial charge in [0.05, 0.1) is 17.7 Å². The number of benzene rings is 1. The van der Waals surface area contributed by atoms with E-state index in [1.165, 1.54) is 0 Å². The lowest BCUT2D eigenvalue weighted by Crippen LogP contribution is -2.60. The second-order valence-corrected chi connectivity index (χ2v) is 8.84. The van der Waals surface area contributed by atoms with E-state index in [4.69, 9.17) is 4.74 Å². The molecule has 1 atom stereocenters. The van der Waals surface area contributed by atoms with Crippen LogP contribution in [0.15, 0.2) is 18.2 Å². The molecule has 9 nitrogen and oxygen atoms in total. The molecule has 1 aromatic carbocycles. The van der Waals surface area contributed by atoms with Crippen molar-refractivity contribution in [3.63, 3.8) is 0 Å². The molecule has 2 bridgehead atoms. The maximum atomic E-state index is 13.2. The van der Waals surface area contributed by atoms with Crippen molar-refractivity contribution in [3.8, 4) is 0 Å². The Labute approximate surface area is 173 Å². The van der Waals surface area contributed by atoms with Gasteiger partial charge in [0.15, 0.2) is 0 Å². The van der Waals surface area contributed by atoms with Crippen LogP contribution in [0.25, 0.3) is 0 Å². The van der Waals surface area contributed by atoms with Gasteiger partial charge in [0.2, 0.25) is 11.8 Å². The Hall–Kier alpha value is -2.62. The van der Waals surface area contributed by atoms with E-state index in [0.29, 0.717) is 24.3 Å². The Kier molecular flexibility index (Phi) is 4.32. The zero-order chi connectivity index (χ0) is 21.1. The Morgan fingerprint density at radius 2 is 2.00 bits per heavy atom. The van der Waals surface area contributed by atoms with Gasteiger partial charge in [-0.2, -0.15) is 0 Å². The van der Waals surface area contributed by atoms with Crippen LogP contribution < -0.4 is 16.0 Å². The van der Waals surface area contributed by atoms with Gasteiger partial charge in [0.25, 0.3) is 11.8 Å². The van der Waals surface area contributed by atoms with Crippen LogP contribution in [0.2, 0.25) is 0 Å². The normalized spacial score (nSPS) is 32.3. The molecular formula is C21H24N4O5. The van der Waals surface area contributed by atoms with Gasteiger partial charge in [-0.25, -0.2) is 0 Å². The van der Waals surface area contributed by atoms with Crippen LogP contribution in [0.5, 0.6) is 0 Å². The number of nitrogens with zero attached hydrogens (tertiary/aromatic N) is 1. The van der Waals surface area contributed by atoms with Gasteiger partial charge in [0, 0.05) is 37.7 Å². The Morgan fingerprint density at radius 1 is 1.20 bits per heavy atom. The molecule has 4 heterocycles. The standard InChI is InChI=1S/C21H24N4O5/c1-30-11-21-8-20(9-21,10-23-21)22-7-12-3-2-4-13-16(12)19(29)25(18(13)28)14-5-6-15(26)24-17(14)27/h2-4,14,22-23H,5-11H2,1H3,(H,24,26,27). The number of hydrogen-bond donors (Lipinski definition) is 3. The minimum Gasteiger partial charge on any atom is -0.383 e. The molecule has 0 spiro atoms. The van der Waals surface area contributed by atoms with Crippen molar-refractivity contribution in [3.05, 3.63) is 34.9 Å². The monoisotopic (exact) mass is 412 g/mol. The van der Waals surface area contributed by atoms with Crippen molar-refractivity contribution >= 4 is 23.6 Å². The van der Waals surface area contributed by atoms with Gasteiger partial charge < -0.3 is 15.4 Å². The summed E-state index contributed by atoms with van der Waals surface area (Å²) in [6, 6.07) is 4.27. The first kappa shape index (κ1) is 19.3. The second kappa shape index (κ2) is 6.69. The van der Waals surface area contributed by atoms with Crippen LogP contribution in [-0.4, -0.2) is 65.9 Å². The molecule has 1 aliphatic carbocycles. The number of fused-ring (bicyclic) bond motifs is 2. The van der Waals surface area contributed by atoms with E-state index in [-0.39, 0.29) is 29.8 Å². The summed E-state index contributed by atoms with van der Waals surface area (Å²) in [5.41, 5.74) is 1.41. The van der Waals surface area contributed by atoms with Gasteiger partial charge >= 0.3 is 0 Å². The van der Waals surface area contributed by atoms with Crippen LogP contribution in [-0.2, 0) is 20.9 Å². The summed E-state index contributed by atoms with van der Waals surface area (Å²) in [4.78, 5) is 50.8. The number of amides is 4. The smallest absolute Gasteiger partial charge is 0.262 e. The van der Waals surface area contributed by atoms with Crippen molar-refractivity contribution in [1.29, 1.82) is 0 Å². The summed E-state index contributed by atoms with van der Waals surface area (Å²) < 4.78 is 5.31. The molecule has 0 aromatic heterocycles. The minimum absolute atomic E-state index is 0.0315. The first-order valence-electron chi connectivity index (χ1n) is 10.2. The van der Waals surface area contributed by atoms with Crippen molar-refractivity contribution in [2.24, 2.45) is 0 Å². The first-order chi connectivity index (χ1) is 14.4. The van der Waals surface area contributed by atoms with E-state index >= 15 is 0 Å². The molecule has 4 fully saturated rings. The highest BCUT2D eigenvalue weighted by Gasteiger charge is 2.60. The van der Waals surface area contributed by atoms with E-state index in [1.54, 1.807) is 19.2 Å². The Bertz CT molecular complexity index is 968. The molecule has 1 unspecified atom stereocenters. The number of carbonyl (C=O) groups excluding carboxylic acids is 4. The van der Waals surface area contributed by atoms with Gasteiger partial charge in [0.1, 0.15) is 6.04 Å². The predicted molar refractivity (Wildman–Crippen MR) is 105 cm³/mol. The third-order valence-corrected chi connectivity index (χ3v) is 6.78. The quantitative estimate of drug-likeness (QED) is 0.549. The van der Waals surface area contributed by atoms with E-state index in [0.717, 1.165) is 29.8 Å². The molecule has 30 heavy (non-hydrogen) atoms. The molecule has 3 saturated heterocycles. The zero-order valence-electron chi connectivity index (χ0n) is 16.7. The Morgan fingerprint density at radius 3 is 2.73 bits per heavy atom. The van der Waals surface area contributed by atoms with Crippen LogP contribution in [0.1, 0.15) is 52.0 Å². The third-order valence-electron chi connectivity index (χ3n) is 6.78. The maximum Gasteiger partial charge on any atom is 0.262 e. The Balaban J connectivity index is 1.34. The van der Waals surface area contributed by atoms with Crippen LogP contribution in [0, 0.1) is 0 Å². The molecule has 5 aliphatic rings. The van der Waals surface area contributed by atoms with Gasteiger partial charge in [-0.3, -0.25) is 29.4 Å². The van der Waals surface area contributed by atoms with Crippen LogP contribution in [0.3, 0.4) is 0 Å².